The lowest BCUT2D eigenvalue weighted by Gasteiger charge is -2.33. The number of amides is 1. The van der Waals surface area contributed by atoms with Crippen LogP contribution in [0.2, 0.25) is 0 Å². The molecular formula is C10H14N2O2. The lowest BCUT2D eigenvalue weighted by Crippen LogP contribution is -2.47. The summed E-state index contributed by atoms with van der Waals surface area (Å²) in [7, 11) is 0. The lowest BCUT2D eigenvalue weighted by atomic mass is 9.99. The van der Waals surface area contributed by atoms with Gasteiger partial charge in [-0.1, -0.05) is 0 Å². The van der Waals surface area contributed by atoms with E-state index in [0.29, 0.717) is 19.6 Å². The van der Waals surface area contributed by atoms with Gasteiger partial charge in [0.2, 0.25) is 5.91 Å². The van der Waals surface area contributed by atoms with Gasteiger partial charge in [-0.3, -0.25) is 4.79 Å². The largest absolute Gasteiger partial charge is 0.379 e. The standard InChI is InChI=1S/C10H14N2O2/c1-10(2-3-14-7-10)12-6-8(5-11)4-9(12)13/h8H,2-4,6-7H2,1H3. The van der Waals surface area contributed by atoms with Crippen LogP contribution in [0, 0.1) is 17.2 Å². The summed E-state index contributed by atoms with van der Waals surface area (Å²) in [5.74, 6) is -0.0236. The van der Waals surface area contributed by atoms with Gasteiger partial charge in [0.15, 0.2) is 0 Å². The molecule has 2 saturated heterocycles. The highest BCUT2D eigenvalue weighted by Gasteiger charge is 2.43. The second-order valence-electron chi connectivity index (χ2n) is 4.33. The van der Waals surface area contributed by atoms with Gasteiger partial charge >= 0.3 is 0 Å². The molecule has 2 aliphatic rings. The smallest absolute Gasteiger partial charge is 0.224 e. The molecule has 2 fully saturated rings. The summed E-state index contributed by atoms with van der Waals surface area (Å²) < 4.78 is 5.31. The van der Waals surface area contributed by atoms with Gasteiger partial charge in [0.1, 0.15) is 0 Å². The van der Waals surface area contributed by atoms with Crippen LogP contribution in [0.25, 0.3) is 0 Å². The van der Waals surface area contributed by atoms with Crippen molar-refractivity contribution in [1.29, 1.82) is 5.26 Å². The van der Waals surface area contributed by atoms with E-state index in [2.05, 4.69) is 6.07 Å². The second-order valence-corrected chi connectivity index (χ2v) is 4.33. The van der Waals surface area contributed by atoms with Crippen molar-refractivity contribution in [2.45, 2.75) is 25.3 Å². The first-order valence-electron chi connectivity index (χ1n) is 4.93. The SMILES string of the molecule is CC1(N2CC(C#N)CC2=O)CCOC1. The van der Waals surface area contributed by atoms with Crippen molar-refractivity contribution in [3.8, 4) is 6.07 Å². The Balaban J connectivity index is 2.12. The number of nitrogens with zero attached hydrogens (tertiary/aromatic N) is 2. The van der Waals surface area contributed by atoms with E-state index in [0.717, 1.165) is 13.0 Å². The average molecular weight is 194 g/mol. The molecule has 0 aromatic rings. The fraction of sp³-hybridized carbons (Fsp3) is 0.800. The molecule has 1 amide bonds. The predicted octanol–water partition coefficient (Wildman–Crippen LogP) is 0.537. The summed E-state index contributed by atoms with van der Waals surface area (Å²) in [5.41, 5.74) is -0.164. The van der Waals surface area contributed by atoms with Crippen LogP contribution >= 0.6 is 0 Å². The maximum atomic E-state index is 11.7. The molecule has 4 heteroatoms. The maximum absolute atomic E-state index is 11.7. The van der Waals surface area contributed by atoms with Crippen molar-refractivity contribution in [3.05, 3.63) is 0 Å². The average Bonchev–Trinajstić information content (AvgIpc) is 2.73. The van der Waals surface area contributed by atoms with E-state index in [9.17, 15) is 4.79 Å². The molecule has 0 N–H and O–H groups in total. The third-order valence-electron chi connectivity index (χ3n) is 3.16. The van der Waals surface area contributed by atoms with Crippen molar-refractivity contribution in [2.24, 2.45) is 5.92 Å². The topological polar surface area (TPSA) is 53.3 Å². The van der Waals surface area contributed by atoms with Crippen molar-refractivity contribution in [3.63, 3.8) is 0 Å². The molecule has 2 aliphatic heterocycles. The molecule has 0 bridgehead atoms. The van der Waals surface area contributed by atoms with Gasteiger partial charge in [-0.05, 0) is 13.3 Å². The van der Waals surface area contributed by atoms with Crippen LogP contribution in [-0.2, 0) is 9.53 Å². The number of ether oxygens (including phenoxy) is 1. The summed E-state index contributed by atoms with van der Waals surface area (Å²) in [6.07, 6.45) is 1.27. The first-order valence-corrected chi connectivity index (χ1v) is 4.93. The highest BCUT2D eigenvalue weighted by atomic mass is 16.5. The van der Waals surface area contributed by atoms with Gasteiger partial charge in [-0.25, -0.2) is 0 Å². The molecule has 0 saturated carbocycles. The molecule has 2 heterocycles. The molecule has 0 aromatic heterocycles. The monoisotopic (exact) mass is 194 g/mol. The molecule has 4 nitrogen and oxygen atoms in total. The quantitative estimate of drug-likeness (QED) is 0.612. The lowest BCUT2D eigenvalue weighted by molar-refractivity contribution is -0.132. The van der Waals surface area contributed by atoms with Crippen molar-refractivity contribution < 1.29 is 9.53 Å². The molecule has 0 spiro atoms. The van der Waals surface area contributed by atoms with Crippen LogP contribution < -0.4 is 0 Å². The Kier molecular flexibility index (Phi) is 2.20. The Bertz CT molecular complexity index is 289. The number of hydrogen-bond donors (Lipinski definition) is 0. The summed E-state index contributed by atoms with van der Waals surface area (Å²) in [6, 6.07) is 2.16. The third-order valence-corrected chi connectivity index (χ3v) is 3.16. The molecule has 0 radical (unpaired) electrons. The highest BCUT2D eigenvalue weighted by molar-refractivity contribution is 5.80. The molecule has 14 heavy (non-hydrogen) atoms. The van der Waals surface area contributed by atoms with E-state index in [4.69, 9.17) is 10.00 Å². The predicted molar refractivity (Wildman–Crippen MR) is 49.3 cm³/mol. The van der Waals surface area contributed by atoms with Gasteiger partial charge < -0.3 is 9.64 Å². The number of carbonyl (C=O) groups excluding carboxylic acids is 1. The fourth-order valence-electron chi connectivity index (χ4n) is 2.18. The second kappa shape index (κ2) is 3.25. The van der Waals surface area contributed by atoms with E-state index in [-0.39, 0.29) is 17.4 Å². The molecule has 2 unspecified atom stereocenters. The van der Waals surface area contributed by atoms with Gasteiger partial charge in [-0.2, -0.15) is 5.26 Å². The maximum Gasteiger partial charge on any atom is 0.224 e. The van der Waals surface area contributed by atoms with Crippen molar-refractivity contribution in [2.75, 3.05) is 19.8 Å². The Labute approximate surface area is 83.4 Å². The Morgan fingerprint density at radius 1 is 1.71 bits per heavy atom. The van der Waals surface area contributed by atoms with Crippen LogP contribution in [0.5, 0.6) is 0 Å². The van der Waals surface area contributed by atoms with E-state index in [1.807, 2.05) is 11.8 Å². The van der Waals surface area contributed by atoms with E-state index < -0.39 is 0 Å². The molecular weight excluding hydrogens is 180 g/mol. The molecule has 76 valence electrons. The fourth-order valence-corrected chi connectivity index (χ4v) is 2.18. The minimum absolute atomic E-state index is 0.101. The van der Waals surface area contributed by atoms with Crippen LogP contribution in [0.3, 0.4) is 0 Å². The van der Waals surface area contributed by atoms with Crippen LogP contribution in [-0.4, -0.2) is 36.1 Å². The van der Waals surface area contributed by atoms with Gasteiger partial charge in [-0.15, -0.1) is 0 Å². The van der Waals surface area contributed by atoms with E-state index in [1.54, 1.807) is 0 Å². The third kappa shape index (κ3) is 1.38. The van der Waals surface area contributed by atoms with Gasteiger partial charge in [0, 0.05) is 19.6 Å². The first-order chi connectivity index (χ1) is 6.65. The normalized spacial score (nSPS) is 37.6. The summed E-state index contributed by atoms with van der Waals surface area (Å²) in [4.78, 5) is 13.5. The van der Waals surface area contributed by atoms with Crippen LogP contribution in [0.15, 0.2) is 0 Å². The van der Waals surface area contributed by atoms with Crippen molar-refractivity contribution >= 4 is 5.91 Å². The number of rotatable bonds is 1. The number of carbonyl (C=O) groups is 1. The van der Waals surface area contributed by atoms with Gasteiger partial charge in [0.05, 0.1) is 24.1 Å². The Hall–Kier alpha value is -1.08. The zero-order valence-corrected chi connectivity index (χ0v) is 8.32. The first kappa shape index (κ1) is 9.47. The zero-order chi connectivity index (χ0) is 10.2. The summed E-state index contributed by atoms with van der Waals surface area (Å²) in [5, 5.41) is 8.77. The minimum Gasteiger partial charge on any atom is -0.379 e. The van der Waals surface area contributed by atoms with Crippen LogP contribution in [0.4, 0.5) is 0 Å². The number of likely N-dealkylation sites (tertiary alicyclic amines) is 1. The highest BCUT2D eigenvalue weighted by Crippen LogP contribution is 2.31. The zero-order valence-electron chi connectivity index (χ0n) is 8.32. The van der Waals surface area contributed by atoms with E-state index in [1.165, 1.54) is 0 Å². The number of hydrogen-bond acceptors (Lipinski definition) is 3. The molecule has 0 aromatic carbocycles. The number of nitriles is 1. The summed E-state index contributed by atoms with van der Waals surface area (Å²) in [6.45, 7) is 3.95. The molecule has 2 rings (SSSR count). The van der Waals surface area contributed by atoms with Crippen molar-refractivity contribution in [1.82, 2.24) is 4.90 Å². The Morgan fingerprint density at radius 2 is 2.50 bits per heavy atom. The van der Waals surface area contributed by atoms with Crippen LogP contribution in [0.1, 0.15) is 19.8 Å². The molecule has 0 aliphatic carbocycles. The summed E-state index contributed by atoms with van der Waals surface area (Å²) >= 11 is 0. The van der Waals surface area contributed by atoms with E-state index >= 15 is 0 Å². The van der Waals surface area contributed by atoms with Gasteiger partial charge in [0.25, 0.3) is 0 Å². The molecule has 2 atom stereocenters. The minimum atomic E-state index is -0.164. The Morgan fingerprint density at radius 3 is 3.00 bits per heavy atom.